The second-order valence-corrected chi connectivity index (χ2v) is 9.02. The van der Waals surface area contributed by atoms with E-state index in [2.05, 4.69) is 0 Å². The number of aliphatic hydroxyl groups is 1. The minimum Gasteiger partial charge on any atom is -0.481 e. The summed E-state index contributed by atoms with van der Waals surface area (Å²) in [4.78, 5) is 11.9. The number of hydrogen-bond acceptors (Lipinski definition) is 6. The Kier molecular flexibility index (Phi) is 4.10. The van der Waals surface area contributed by atoms with Crippen LogP contribution in [0.3, 0.4) is 0 Å². The Morgan fingerprint density at radius 3 is 2.44 bits per heavy atom. The number of hydrogen-bond donors (Lipinski definition) is 2. The van der Waals surface area contributed by atoms with Crippen molar-refractivity contribution in [3.8, 4) is 11.5 Å². The maximum absolute atomic E-state index is 13.1. The predicted molar refractivity (Wildman–Crippen MR) is 94.9 cm³/mol. The number of fused-ring (bicyclic) bond motifs is 1. The van der Waals surface area contributed by atoms with E-state index in [1.807, 2.05) is 0 Å². The van der Waals surface area contributed by atoms with Gasteiger partial charge in [-0.3, -0.25) is 4.79 Å². The first-order chi connectivity index (χ1) is 12.8. The molecule has 1 heterocycles. The zero-order chi connectivity index (χ0) is 19.4. The number of aliphatic hydroxyl groups excluding tert-OH is 1. The van der Waals surface area contributed by atoms with Gasteiger partial charge in [0.15, 0.2) is 21.3 Å². The number of carboxylic acid groups (broad SMARTS) is 1. The number of ether oxygens (including phenoxy) is 2. The Bertz CT molecular complexity index is 1020. The number of sulfone groups is 1. The van der Waals surface area contributed by atoms with Crippen LogP contribution in [0.2, 0.25) is 5.02 Å². The standard InChI is InChI=1S/C18H15ClO7S/c19-11-2-4-12(5-3-11)27(23,24)16-15(18(16,8-20)17(21)22)10-1-6-13-14(7-10)26-9-25-13/h1-7,15-16,20H,8-9H2,(H,21,22). The van der Waals surface area contributed by atoms with E-state index in [4.69, 9.17) is 21.1 Å². The monoisotopic (exact) mass is 410 g/mol. The van der Waals surface area contributed by atoms with Crippen LogP contribution in [-0.2, 0) is 14.6 Å². The maximum atomic E-state index is 13.1. The molecule has 1 fully saturated rings. The summed E-state index contributed by atoms with van der Waals surface area (Å²) in [5, 5.41) is 18.7. The van der Waals surface area contributed by atoms with E-state index >= 15 is 0 Å². The largest absolute Gasteiger partial charge is 0.481 e. The minimum absolute atomic E-state index is 0.0417. The lowest BCUT2D eigenvalue weighted by Crippen LogP contribution is -2.27. The molecule has 1 aliphatic heterocycles. The molecule has 1 saturated carbocycles. The van der Waals surface area contributed by atoms with Gasteiger partial charge in [-0.05, 0) is 42.0 Å². The lowest BCUT2D eigenvalue weighted by molar-refractivity contribution is -0.145. The first-order valence-corrected chi connectivity index (χ1v) is 9.98. The number of aliphatic carboxylic acids is 1. The Morgan fingerprint density at radius 1 is 1.15 bits per heavy atom. The summed E-state index contributed by atoms with van der Waals surface area (Å²) < 4.78 is 36.8. The molecule has 2 N–H and O–H groups in total. The zero-order valence-corrected chi connectivity index (χ0v) is 15.4. The molecule has 1 aliphatic carbocycles. The van der Waals surface area contributed by atoms with Crippen LogP contribution < -0.4 is 9.47 Å². The summed E-state index contributed by atoms with van der Waals surface area (Å²) >= 11 is 5.81. The quantitative estimate of drug-likeness (QED) is 0.776. The molecule has 0 radical (unpaired) electrons. The van der Waals surface area contributed by atoms with Crippen molar-refractivity contribution in [1.29, 1.82) is 0 Å². The SMILES string of the molecule is O=C(O)C1(CO)C(c2ccc3c(c2)OCO3)C1S(=O)(=O)c1ccc(Cl)cc1. The van der Waals surface area contributed by atoms with Gasteiger partial charge in [0.25, 0.3) is 0 Å². The van der Waals surface area contributed by atoms with Gasteiger partial charge in [0, 0.05) is 10.9 Å². The highest BCUT2D eigenvalue weighted by atomic mass is 35.5. The summed E-state index contributed by atoms with van der Waals surface area (Å²) in [6, 6.07) is 10.3. The van der Waals surface area contributed by atoms with Gasteiger partial charge in [-0.1, -0.05) is 17.7 Å². The van der Waals surface area contributed by atoms with Crippen molar-refractivity contribution >= 4 is 27.4 Å². The second kappa shape index (κ2) is 6.12. The van der Waals surface area contributed by atoms with Crippen molar-refractivity contribution in [2.75, 3.05) is 13.4 Å². The van der Waals surface area contributed by atoms with Gasteiger partial charge in [0.05, 0.1) is 16.8 Å². The van der Waals surface area contributed by atoms with Crippen LogP contribution in [0.5, 0.6) is 11.5 Å². The molecular formula is C18H15ClO7S. The molecule has 0 saturated heterocycles. The van der Waals surface area contributed by atoms with Crippen molar-refractivity contribution in [2.24, 2.45) is 5.41 Å². The Hall–Kier alpha value is -2.29. The highest BCUT2D eigenvalue weighted by Crippen LogP contribution is 2.64. The van der Waals surface area contributed by atoms with Crippen LogP contribution in [0.25, 0.3) is 0 Å². The number of carboxylic acids is 1. The summed E-state index contributed by atoms with van der Waals surface area (Å²) in [5.41, 5.74) is -1.37. The first kappa shape index (κ1) is 18.1. The first-order valence-electron chi connectivity index (χ1n) is 8.05. The van der Waals surface area contributed by atoms with Crippen molar-refractivity contribution in [3.63, 3.8) is 0 Å². The zero-order valence-electron chi connectivity index (χ0n) is 13.8. The molecule has 0 bridgehead atoms. The topological polar surface area (TPSA) is 110 Å². The van der Waals surface area contributed by atoms with Gasteiger partial charge in [-0.15, -0.1) is 0 Å². The summed E-state index contributed by atoms with van der Waals surface area (Å²) in [7, 11) is -4.03. The molecule has 7 nitrogen and oxygen atoms in total. The average molecular weight is 411 g/mol. The van der Waals surface area contributed by atoms with Gasteiger partial charge in [-0.25, -0.2) is 8.42 Å². The highest BCUT2D eigenvalue weighted by molar-refractivity contribution is 7.92. The van der Waals surface area contributed by atoms with E-state index in [0.717, 1.165) is 0 Å². The van der Waals surface area contributed by atoms with E-state index < -0.39 is 39.0 Å². The van der Waals surface area contributed by atoms with Crippen LogP contribution in [-0.4, -0.2) is 43.2 Å². The van der Waals surface area contributed by atoms with Crippen LogP contribution in [0.1, 0.15) is 11.5 Å². The molecule has 2 aromatic rings. The van der Waals surface area contributed by atoms with E-state index in [1.54, 1.807) is 18.2 Å². The lowest BCUT2D eigenvalue weighted by Gasteiger charge is -2.09. The molecule has 0 aromatic heterocycles. The maximum Gasteiger partial charge on any atom is 0.314 e. The van der Waals surface area contributed by atoms with Crippen LogP contribution in [0.4, 0.5) is 0 Å². The Balaban J connectivity index is 1.80. The fraction of sp³-hybridized carbons (Fsp3) is 0.278. The fourth-order valence-corrected chi connectivity index (χ4v) is 6.21. The average Bonchev–Trinajstić information content (AvgIpc) is 3.15. The molecule has 27 heavy (non-hydrogen) atoms. The van der Waals surface area contributed by atoms with Crippen LogP contribution in [0, 0.1) is 5.41 Å². The molecule has 0 amide bonds. The third kappa shape index (κ3) is 2.59. The van der Waals surface area contributed by atoms with Crippen molar-refractivity contribution in [3.05, 3.63) is 53.1 Å². The molecule has 9 heteroatoms. The third-order valence-corrected chi connectivity index (χ3v) is 7.69. The number of carbonyl (C=O) groups is 1. The summed E-state index contributed by atoms with van der Waals surface area (Å²) in [6.45, 7) is -0.765. The molecule has 2 aromatic carbocycles. The predicted octanol–water partition coefficient (Wildman–Crippen LogP) is 2.07. The third-order valence-electron chi connectivity index (χ3n) is 5.15. The molecular weight excluding hydrogens is 396 g/mol. The number of rotatable bonds is 5. The van der Waals surface area contributed by atoms with Crippen molar-refractivity contribution in [1.82, 2.24) is 0 Å². The van der Waals surface area contributed by atoms with E-state index in [1.165, 1.54) is 24.3 Å². The normalized spacial score (nSPS) is 26.0. The van der Waals surface area contributed by atoms with E-state index in [9.17, 15) is 23.4 Å². The van der Waals surface area contributed by atoms with Crippen LogP contribution in [0.15, 0.2) is 47.4 Å². The fourth-order valence-electron chi connectivity index (χ4n) is 3.72. The van der Waals surface area contributed by atoms with Gasteiger partial charge in [0.2, 0.25) is 6.79 Å². The van der Waals surface area contributed by atoms with Crippen molar-refractivity contribution < 1.29 is 32.9 Å². The van der Waals surface area contributed by atoms with Gasteiger partial charge < -0.3 is 19.7 Å². The number of halogens is 1. The lowest BCUT2D eigenvalue weighted by atomic mass is 10.00. The van der Waals surface area contributed by atoms with Gasteiger partial charge >= 0.3 is 5.97 Å². The Labute approximate surface area is 160 Å². The van der Waals surface area contributed by atoms with Gasteiger partial charge in [-0.2, -0.15) is 0 Å². The highest BCUT2D eigenvalue weighted by Gasteiger charge is 2.75. The van der Waals surface area contributed by atoms with Crippen LogP contribution >= 0.6 is 11.6 Å². The van der Waals surface area contributed by atoms with Gasteiger partial charge in [0.1, 0.15) is 5.41 Å². The molecule has 142 valence electrons. The molecule has 3 atom stereocenters. The minimum atomic E-state index is -4.03. The molecule has 2 aliphatic rings. The van der Waals surface area contributed by atoms with E-state index in [0.29, 0.717) is 22.1 Å². The van der Waals surface area contributed by atoms with Crippen molar-refractivity contribution in [2.45, 2.75) is 16.1 Å². The smallest absolute Gasteiger partial charge is 0.314 e. The summed E-state index contributed by atoms with van der Waals surface area (Å²) in [5.74, 6) is -1.37. The molecule has 4 rings (SSSR count). The summed E-state index contributed by atoms with van der Waals surface area (Å²) in [6.07, 6.45) is 0. The molecule has 3 unspecified atom stereocenters. The molecule has 0 spiro atoms. The Morgan fingerprint density at radius 2 is 1.81 bits per heavy atom. The van der Waals surface area contributed by atoms with E-state index in [-0.39, 0.29) is 11.7 Å². The number of benzene rings is 2. The second-order valence-electron chi connectivity index (χ2n) is 6.51.